The zero-order chi connectivity index (χ0) is 15.5. The standard InChI is InChI=1S/C17H15N3O2/c21-16-11-6-4-2-1-3-5-9-13-18-19-20-22-17-12-8-7-10-15(17)14-16/h1-13H,14H2. The summed E-state index contributed by atoms with van der Waals surface area (Å²) >= 11 is 0. The molecule has 0 bridgehead atoms. The number of rotatable bonds is 0. The molecule has 0 N–H and O–H groups in total. The lowest BCUT2D eigenvalue weighted by atomic mass is 10.1. The fraction of sp³-hybridized carbons (Fsp3) is 0.0588. The van der Waals surface area contributed by atoms with Gasteiger partial charge < -0.3 is 4.84 Å². The Hall–Kier alpha value is -3.08. The molecule has 1 aromatic rings. The molecule has 0 aromatic heterocycles. The van der Waals surface area contributed by atoms with E-state index in [1.54, 1.807) is 36.4 Å². The maximum atomic E-state index is 11.9. The van der Waals surface area contributed by atoms with E-state index in [2.05, 4.69) is 15.6 Å². The Morgan fingerprint density at radius 2 is 1.64 bits per heavy atom. The lowest BCUT2D eigenvalue weighted by Gasteiger charge is -2.03. The van der Waals surface area contributed by atoms with Crippen LogP contribution in [-0.2, 0) is 11.2 Å². The number of nitrogens with zero attached hydrogens (tertiary/aromatic N) is 3. The van der Waals surface area contributed by atoms with Gasteiger partial charge in [0.25, 0.3) is 0 Å². The second kappa shape index (κ2) is 8.97. The fourth-order valence-corrected chi connectivity index (χ4v) is 1.67. The van der Waals surface area contributed by atoms with Crippen molar-refractivity contribution in [2.24, 2.45) is 15.6 Å². The highest BCUT2D eigenvalue weighted by molar-refractivity contribution is 5.92. The molecule has 0 saturated heterocycles. The van der Waals surface area contributed by atoms with Gasteiger partial charge in [-0.3, -0.25) is 4.79 Å². The molecule has 0 unspecified atom stereocenters. The molecule has 0 atom stereocenters. The molecule has 5 heteroatoms. The van der Waals surface area contributed by atoms with Crippen molar-refractivity contribution in [2.45, 2.75) is 6.42 Å². The third-order valence-corrected chi connectivity index (χ3v) is 2.67. The lowest BCUT2D eigenvalue weighted by Crippen LogP contribution is -2.00. The molecular weight excluding hydrogens is 278 g/mol. The molecule has 0 saturated carbocycles. The highest BCUT2D eigenvalue weighted by Crippen LogP contribution is 2.19. The van der Waals surface area contributed by atoms with Crippen LogP contribution < -0.4 is 4.84 Å². The minimum Gasteiger partial charge on any atom is -0.338 e. The molecule has 1 aliphatic rings. The van der Waals surface area contributed by atoms with Crippen LogP contribution in [0.2, 0.25) is 0 Å². The van der Waals surface area contributed by atoms with Crippen molar-refractivity contribution in [1.82, 2.24) is 0 Å². The van der Waals surface area contributed by atoms with Gasteiger partial charge in [-0.2, -0.15) is 0 Å². The zero-order valence-corrected chi connectivity index (χ0v) is 11.9. The van der Waals surface area contributed by atoms with E-state index in [9.17, 15) is 4.79 Å². The number of carbonyl (C=O) groups is 1. The van der Waals surface area contributed by atoms with Gasteiger partial charge in [0.2, 0.25) is 0 Å². The van der Waals surface area contributed by atoms with E-state index in [4.69, 9.17) is 4.84 Å². The third-order valence-electron chi connectivity index (χ3n) is 2.67. The van der Waals surface area contributed by atoms with Crippen molar-refractivity contribution in [3.63, 3.8) is 0 Å². The molecule has 5 nitrogen and oxygen atoms in total. The first kappa shape index (κ1) is 15.3. The van der Waals surface area contributed by atoms with Gasteiger partial charge in [0.05, 0.1) is 11.5 Å². The van der Waals surface area contributed by atoms with E-state index >= 15 is 0 Å². The highest BCUT2D eigenvalue weighted by atomic mass is 16.6. The topological polar surface area (TPSA) is 63.4 Å². The van der Waals surface area contributed by atoms with E-state index in [0.717, 1.165) is 5.56 Å². The molecule has 0 fully saturated rings. The molecule has 110 valence electrons. The van der Waals surface area contributed by atoms with E-state index in [1.807, 2.05) is 30.4 Å². The quantitative estimate of drug-likeness (QED) is 0.731. The smallest absolute Gasteiger partial charge is 0.163 e. The monoisotopic (exact) mass is 293 g/mol. The van der Waals surface area contributed by atoms with Crippen molar-refractivity contribution >= 4 is 12.0 Å². The first-order valence-electron chi connectivity index (χ1n) is 6.74. The minimum atomic E-state index is -0.0242. The number of fused-ring (bicyclic) bond motifs is 1. The van der Waals surface area contributed by atoms with E-state index < -0.39 is 0 Å². The number of carbonyl (C=O) groups excluding carboxylic acids is 1. The summed E-state index contributed by atoms with van der Waals surface area (Å²) in [6.07, 6.45) is 15.8. The Balaban J connectivity index is 2.22. The van der Waals surface area contributed by atoms with Crippen LogP contribution in [0.1, 0.15) is 5.56 Å². The van der Waals surface area contributed by atoms with Crippen molar-refractivity contribution in [3.05, 3.63) is 78.4 Å². The third kappa shape index (κ3) is 5.50. The van der Waals surface area contributed by atoms with Gasteiger partial charge in [-0.15, -0.1) is 5.10 Å². The van der Waals surface area contributed by atoms with Crippen LogP contribution in [0.4, 0.5) is 0 Å². The van der Waals surface area contributed by atoms with Crippen molar-refractivity contribution < 1.29 is 9.63 Å². The largest absolute Gasteiger partial charge is 0.338 e. The van der Waals surface area contributed by atoms with Gasteiger partial charge in [0, 0.05) is 12.0 Å². The van der Waals surface area contributed by atoms with Gasteiger partial charge in [-0.25, -0.2) is 0 Å². The molecule has 22 heavy (non-hydrogen) atoms. The Morgan fingerprint density at radius 1 is 0.909 bits per heavy atom. The first-order valence-corrected chi connectivity index (χ1v) is 6.74. The molecule has 0 spiro atoms. The van der Waals surface area contributed by atoms with Crippen LogP contribution in [0.3, 0.4) is 0 Å². The molecule has 0 radical (unpaired) electrons. The van der Waals surface area contributed by atoms with E-state index in [0.29, 0.717) is 5.75 Å². The Bertz CT molecular complexity index is 683. The van der Waals surface area contributed by atoms with Crippen LogP contribution in [0.25, 0.3) is 0 Å². The number of hydrogen-bond acceptors (Lipinski definition) is 5. The van der Waals surface area contributed by atoms with Crippen LogP contribution in [0.5, 0.6) is 5.75 Å². The summed E-state index contributed by atoms with van der Waals surface area (Å²) in [7, 11) is 0. The summed E-state index contributed by atoms with van der Waals surface area (Å²) in [5.41, 5.74) is 0.744. The average Bonchev–Trinajstić information content (AvgIpc) is 2.53. The van der Waals surface area contributed by atoms with Crippen molar-refractivity contribution in [1.29, 1.82) is 0 Å². The maximum absolute atomic E-state index is 11.9. The molecule has 1 aromatic carbocycles. The van der Waals surface area contributed by atoms with Crippen LogP contribution in [0, 0.1) is 0 Å². The predicted octanol–water partition coefficient (Wildman–Crippen LogP) is 3.77. The number of ketones is 1. The molecule has 1 heterocycles. The maximum Gasteiger partial charge on any atom is 0.163 e. The van der Waals surface area contributed by atoms with Crippen molar-refractivity contribution in [2.75, 3.05) is 0 Å². The highest BCUT2D eigenvalue weighted by Gasteiger charge is 2.06. The SMILES string of the molecule is O=C1C=CC=CC=CC=CC=NN=NOc2ccccc2C1. The van der Waals surface area contributed by atoms with E-state index in [-0.39, 0.29) is 12.2 Å². The summed E-state index contributed by atoms with van der Waals surface area (Å²) in [4.78, 5) is 17.1. The Kier molecular flexibility index (Phi) is 6.24. The van der Waals surface area contributed by atoms with Gasteiger partial charge in [-0.05, 0) is 23.4 Å². The first-order chi connectivity index (χ1) is 10.9. The van der Waals surface area contributed by atoms with Crippen LogP contribution in [0.15, 0.2) is 88.5 Å². The summed E-state index contributed by atoms with van der Waals surface area (Å²) < 4.78 is 0. The number of allylic oxidation sites excluding steroid dienone is 8. The number of benzene rings is 1. The summed E-state index contributed by atoms with van der Waals surface area (Å²) in [5, 5.41) is 10.7. The lowest BCUT2D eigenvalue weighted by molar-refractivity contribution is -0.114. The van der Waals surface area contributed by atoms with Crippen LogP contribution >= 0.6 is 0 Å². The summed E-state index contributed by atoms with van der Waals surface area (Å²) in [6.45, 7) is 0. The number of para-hydroxylation sites is 1. The fourth-order valence-electron chi connectivity index (χ4n) is 1.67. The van der Waals surface area contributed by atoms with Crippen LogP contribution in [-0.4, -0.2) is 12.0 Å². The number of hydrogen-bond donors (Lipinski definition) is 0. The second-order valence-electron chi connectivity index (χ2n) is 4.29. The van der Waals surface area contributed by atoms with E-state index in [1.165, 1.54) is 12.3 Å². The molecule has 0 amide bonds. The summed E-state index contributed by atoms with van der Waals surface area (Å²) in [6, 6.07) is 7.19. The summed E-state index contributed by atoms with van der Waals surface area (Å²) in [5.74, 6) is 0.462. The Labute approximate surface area is 128 Å². The van der Waals surface area contributed by atoms with Crippen molar-refractivity contribution in [3.8, 4) is 5.75 Å². The normalized spacial score (nSPS) is 15.4. The second-order valence-corrected chi connectivity index (χ2v) is 4.29. The van der Waals surface area contributed by atoms with Gasteiger partial charge in [0.15, 0.2) is 11.5 Å². The molecule has 2 rings (SSSR count). The molecule has 1 aliphatic heterocycles. The Morgan fingerprint density at radius 3 is 2.50 bits per heavy atom. The molecule has 0 aliphatic carbocycles. The zero-order valence-electron chi connectivity index (χ0n) is 11.9. The van der Waals surface area contributed by atoms with Gasteiger partial charge in [0.1, 0.15) is 0 Å². The van der Waals surface area contributed by atoms with Gasteiger partial charge >= 0.3 is 0 Å². The minimum absolute atomic E-state index is 0.0242. The average molecular weight is 293 g/mol. The molecular formula is C17H15N3O2. The van der Waals surface area contributed by atoms with Gasteiger partial charge in [-0.1, -0.05) is 54.7 Å². The predicted molar refractivity (Wildman–Crippen MR) is 85.7 cm³/mol.